The molecule has 15 heavy (non-hydrogen) atoms. The van der Waals surface area contributed by atoms with Crippen molar-refractivity contribution in [3.63, 3.8) is 0 Å². The molecular weight excluding hydrogens is 216 g/mol. The zero-order chi connectivity index (χ0) is 11.8. The highest BCUT2D eigenvalue weighted by Crippen LogP contribution is 2.02. The van der Waals surface area contributed by atoms with E-state index in [2.05, 4.69) is 5.32 Å². The Morgan fingerprint density at radius 3 is 2.60 bits per heavy atom. The van der Waals surface area contributed by atoms with E-state index in [1.54, 1.807) is 0 Å². The van der Waals surface area contributed by atoms with Gasteiger partial charge in [0.15, 0.2) is 0 Å². The van der Waals surface area contributed by atoms with Crippen LogP contribution >= 0.6 is 11.8 Å². The number of nitrogens with two attached hydrogens (primary N) is 1. The van der Waals surface area contributed by atoms with Crippen molar-refractivity contribution in [3.05, 3.63) is 0 Å². The quantitative estimate of drug-likeness (QED) is 0.578. The van der Waals surface area contributed by atoms with E-state index in [1.165, 1.54) is 11.8 Å². The fourth-order valence-electron chi connectivity index (χ4n) is 0.768. The van der Waals surface area contributed by atoms with Crippen molar-refractivity contribution in [3.8, 4) is 0 Å². The van der Waals surface area contributed by atoms with Crippen LogP contribution in [0.4, 0.5) is 0 Å². The summed E-state index contributed by atoms with van der Waals surface area (Å²) >= 11 is 1.23. The molecule has 0 aliphatic rings. The second-order valence-corrected chi connectivity index (χ2v) is 4.37. The van der Waals surface area contributed by atoms with Crippen molar-refractivity contribution in [1.82, 2.24) is 5.32 Å². The van der Waals surface area contributed by atoms with Crippen LogP contribution in [0.1, 0.15) is 20.3 Å². The van der Waals surface area contributed by atoms with Crippen LogP contribution in [0.25, 0.3) is 0 Å². The summed E-state index contributed by atoms with van der Waals surface area (Å²) < 4.78 is 0. The molecule has 0 rings (SSSR count). The number of hydrogen-bond acceptors (Lipinski definition) is 4. The first kappa shape index (κ1) is 14.2. The van der Waals surface area contributed by atoms with Gasteiger partial charge in [0, 0.05) is 11.8 Å². The molecule has 0 aliphatic heterocycles. The number of amides is 1. The molecule has 0 spiro atoms. The normalized spacial score (nSPS) is 14.3. The van der Waals surface area contributed by atoms with Crippen molar-refractivity contribution < 1.29 is 14.7 Å². The summed E-state index contributed by atoms with van der Waals surface area (Å²) in [6, 6.07) is -0.738. The molecule has 5 nitrogen and oxygen atoms in total. The van der Waals surface area contributed by atoms with Crippen LogP contribution < -0.4 is 11.1 Å². The minimum Gasteiger partial charge on any atom is -0.480 e. The van der Waals surface area contributed by atoms with Crippen molar-refractivity contribution in [1.29, 1.82) is 0 Å². The molecule has 1 unspecified atom stereocenters. The molecular formula is C9H18N2O3S. The summed E-state index contributed by atoms with van der Waals surface area (Å²) in [5, 5.41) is 11.3. The number of aliphatic carboxylic acids is 1. The van der Waals surface area contributed by atoms with Gasteiger partial charge in [-0.05, 0) is 13.3 Å². The van der Waals surface area contributed by atoms with E-state index in [4.69, 9.17) is 10.8 Å². The Kier molecular flexibility index (Phi) is 7.15. The Morgan fingerprint density at radius 1 is 1.53 bits per heavy atom. The molecule has 6 heteroatoms. The number of carboxylic acids is 1. The molecule has 0 saturated carbocycles. The third-order valence-corrected chi connectivity index (χ3v) is 2.93. The SMILES string of the molecule is CCC(C)NC(=O)CSC[C@@H](N)C(=O)O. The van der Waals surface area contributed by atoms with Gasteiger partial charge in [-0.2, -0.15) is 0 Å². The van der Waals surface area contributed by atoms with E-state index >= 15 is 0 Å². The monoisotopic (exact) mass is 234 g/mol. The van der Waals surface area contributed by atoms with Gasteiger partial charge in [0.1, 0.15) is 6.04 Å². The first-order valence-corrected chi connectivity index (χ1v) is 5.98. The lowest BCUT2D eigenvalue weighted by Gasteiger charge is -2.11. The molecule has 0 aliphatic carbocycles. The van der Waals surface area contributed by atoms with E-state index in [1.807, 2.05) is 13.8 Å². The Labute approximate surface area is 93.8 Å². The predicted octanol–water partition coefficient (Wildman–Crippen LogP) is 0.0462. The Hall–Kier alpha value is -0.750. The summed E-state index contributed by atoms with van der Waals surface area (Å²) in [6.07, 6.45) is 0.880. The minimum absolute atomic E-state index is 0.0769. The molecule has 0 aromatic carbocycles. The molecule has 0 aromatic rings. The Balaban J connectivity index is 3.59. The largest absolute Gasteiger partial charge is 0.480 e. The number of carboxylic acid groups (broad SMARTS) is 1. The van der Waals surface area contributed by atoms with E-state index < -0.39 is 12.0 Å². The van der Waals surface area contributed by atoms with Crippen LogP contribution in [0, 0.1) is 0 Å². The van der Waals surface area contributed by atoms with Gasteiger partial charge in [0.25, 0.3) is 0 Å². The smallest absolute Gasteiger partial charge is 0.321 e. The molecule has 0 fully saturated rings. The number of hydrogen-bond donors (Lipinski definition) is 3. The third-order valence-electron chi connectivity index (χ3n) is 1.87. The van der Waals surface area contributed by atoms with E-state index in [0.29, 0.717) is 0 Å². The summed E-state index contributed by atoms with van der Waals surface area (Å²) in [4.78, 5) is 21.6. The molecule has 0 aromatic heterocycles. The second kappa shape index (κ2) is 7.53. The number of thioether (sulfide) groups is 1. The summed E-state index contributed by atoms with van der Waals surface area (Å²) in [6.45, 7) is 3.91. The number of nitrogens with one attached hydrogen (secondary N) is 1. The summed E-state index contributed by atoms with van der Waals surface area (Å²) in [5.41, 5.74) is 5.28. The molecule has 2 atom stereocenters. The van der Waals surface area contributed by atoms with Gasteiger partial charge in [-0.25, -0.2) is 0 Å². The first-order valence-electron chi connectivity index (χ1n) is 4.82. The lowest BCUT2D eigenvalue weighted by molar-refractivity contribution is -0.138. The highest BCUT2D eigenvalue weighted by atomic mass is 32.2. The predicted molar refractivity (Wildman–Crippen MR) is 60.8 cm³/mol. The van der Waals surface area contributed by atoms with Crippen molar-refractivity contribution in [2.45, 2.75) is 32.4 Å². The maximum atomic E-state index is 11.2. The highest BCUT2D eigenvalue weighted by molar-refractivity contribution is 8.00. The van der Waals surface area contributed by atoms with Gasteiger partial charge >= 0.3 is 5.97 Å². The number of carbonyl (C=O) groups is 2. The first-order chi connectivity index (χ1) is 6.97. The fraction of sp³-hybridized carbons (Fsp3) is 0.778. The van der Waals surface area contributed by atoms with Crippen LogP contribution in [-0.4, -0.2) is 40.6 Å². The van der Waals surface area contributed by atoms with Gasteiger partial charge < -0.3 is 16.2 Å². The highest BCUT2D eigenvalue weighted by Gasteiger charge is 2.12. The van der Waals surface area contributed by atoms with Gasteiger partial charge in [0.05, 0.1) is 5.75 Å². The molecule has 0 radical (unpaired) electrons. The molecule has 0 saturated heterocycles. The van der Waals surface area contributed by atoms with Crippen molar-refractivity contribution in [2.75, 3.05) is 11.5 Å². The molecule has 0 bridgehead atoms. The van der Waals surface area contributed by atoms with Crippen LogP contribution in [-0.2, 0) is 9.59 Å². The second-order valence-electron chi connectivity index (χ2n) is 3.34. The maximum absolute atomic E-state index is 11.2. The van der Waals surface area contributed by atoms with Crippen LogP contribution in [0.3, 0.4) is 0 Å². The zero-order valence-electron chi connectivity index (χ0n) is 9.03. The van der Waals surface area contributed by atoms with Crippen LogP contribution in [0.15, 0.2) is 0 Å². The van der Waals surface area contributed by atoms with Crippen LogP contribution in [0.5, 0.6) is 0 Å². The average molecular weight is 234 g/mol. The van der Waals surface area contributed by atoms with E-state index in [-0.39, 0.29) is 23.5 Å². The lowest BCUT2D eigenvalue weighted by atomic mass is 10.3. The summed E-state index contributed by atoms with van der Waals surface area (Å²) in [5.74, 6) is -0.606. The molecule has 1 amide bonds. The van der Waals surface area contributed by atoms with Crippen molar-refractivity contribution >= 4 is 23.6 Å². The Morgan fingerprint density at radius 2 is 2.13 bits per heavy atom. The topological polar surface area (TPSA) is 92.4 Å². The van der Waals surface area contributed by atoms with Crippen LogP contribution in [0.2, 0.25) is 0 Å². The fourth-order valence-corrected chi connectivity index (χ4v) is 1.55. The molecule has 0 heterocycles. The standard InChI is InChI=1S/C9H18N2O3S/c1-3-6(2)11-8(12)5-15-4-7(10)9(13)14/h6-7H,3-5,10H2,1-2H3,(H,11,12)(H,13,14)/t6?,7-/m1/s1. The third kappa shape index (κ3) is 7.21. The lowest BCUT2D eigenvalue weighted by Crippen LogP contribution is -2.35. The number of rotatable bonds is 7. The maximum Gasteiger partial charge on any atom is 0.321 e. The van der Waals surface area contributed by atoms with Crippen molar-refractivity contribution in [2.24, 2.45) is 5.73 Å². The molecule has 88 valence electrons. The van der Waals surface area contributed by atoms with Gasteiger partial charge in [-0.3, -0.25) is 9.59 Å². The van der Waals surface area contributed by atoms with Gasteiger partial charge in [-0.1, -0.05) is 6.92 Å². The molecule has 4 N–H and O–H groups in total. The van der Waals surface area contributed by atoms with Gasteiger partial charge in [0.2, 0.25) is 5.91 Å². The van der Waals surface area contributed by atoms with E-state index in [9.17, 15) is 9.59 Å². The van der Waals surface area contributed by atoms with Gasteiger partial charge in [-0.15, -0.1) is 11.8 Å². The number of carbonyl (C=O) groups excluding carboxylic acids is 1. The average Bonchev–Trinajstić information content (AvgIpc) is 2.17. The van der Waals surface area contributed by atoms with E-state index in [0.717, 1.165) is 6.42 Å². The summed E-state index contributed by atoms with van der Waals surface area (Å²) in [7, 11) is 0. The zero-order valence-corrected chi connectivity index (χ0v) is 9.84. The minimum atomic E-state index is -1.04. The Bertz CT molecular complexity index is 223.